The standard InChI is InChI=1S/C46H72F3NO14/c1-2-3-4-5-6-7-8-16-44(51)63-37-35-61-33-31-59-29-27-57-25-23-55-21-19-53-17-18-54-20-22-56-24-26-58-28-30-60-32-34-62-36-38-64-45(52)42-14-9-10-15-43(42)50-41-13-11-12-40(39-41)46(47,48)49/h9-15,39,50H,2-8,16-38H2,1H3. The van der Waals surface area contributed by atoms with E-state index in [0.29, 0.717) is 138 Å². The highest BCUT2D eigenvalue weighted by molar-refractivity contribution is 5.96. The Morgan fingerprint density at radius 2 is 0.859 bits per heavy atom. The molecule has 0 unspecified atom stereocenters. The first kappa shape index (κ1) is 56.7. The number of hydrogen-bond acceptors (Lipinski definition) is 15. The lowest BCUT2D eigenvalue weighted by atomic mass is 10.1. The van der Waals surface area contributed by atoms with Gasteiger partial charge in [0.25, 0.3) is 0 Å². The summed E-state index contributed by atoms with van der Waals surface area (Å²) in [5.41, 5.74) is -0.104. The molecule has 15 nitrogen and oxygen atoms in total. The van der Waals surface area contributed by atoms with Gasteiger partial charge < -0.3 is 62.2 Å². The summed E-state index contributed by atoms with van der Waals surface area (Å²) >= 11 is 0. The molecule has 0 saturated heterocycles. The topological polar surface area (TPSA) is 157 Å². The largest absolute Gasteiger partial charge is 0.463 e. The third kappa shape index (κ3) is 32.3. The second kappa shape index (κ2) is 39.9. The molecule has 0 aliphatic carbocycles. The van der Waals surface area contributed by atoms with Crippen LogP contribution in [0.15, 0.2) is 48.5 Å². The fourth-order valence-electron chi connectivity index (χ4n) is 5.56. The van der Waals surface area contributed by atoms with Gasteiger partial charge in [0.05, 0.1) is 149 Å². The van der Waals surface area contributed by atoms with Crippen molar-refractivity contribution in [3.63, 3.8) is 0 Å². The lowest BCUT2D eigenvalue weighted by molar-refractivity contribution is -0.145. The lowest BCUT2D eigenvalue weighted by Crippen LogP contribution is -2.16. The van der Waals surface area contributed by atoms with Crippen LogP contribution in [0.5, 0.6) is 0 Å². The normalized spacial score (nSPS) is 11.6. The van der Waals surface area contributed by atoms with Crippen molar-refractivity contribution in [2.24, 2.45) is 0 Å². The highest BCUT2D eigenvalue weighted by atomic mass is 19.4. The number of alkyl halides is 3. The molecule has 0 radical (unpaired) electrons. The van der Waals surface area contributed by atoms with Crippen molar-refractivity contribution in [3.8, 4) is 0 Å². The molecule has 0 heterocycles. The molecule has 2 aromatic carbocycles. The number of nitrogens with one attached hydrogen (secondary N) is 1. The number of hydrogen-bond donors (Lipinski definition) is 1. The zero-order valence-corrected chi connectivity index (χ0v) is 37.7. The van der Waals surface area contributed by atoms with Gasteiger partial charge in [-0.25, -0.2) is 4.79 Å². The number of benzene rings is 2. The summed E-state index contributed by atoms with van der Waals surface area (Å²) in [4.78, 5) is 24.4. The average Bonchev–Trinajstić information content (AvgIpc) is 3.28. The Bertz CT molecular complexity index is 1420. The molecule has 0 aliphatic rings. The first-order chi connectivity index (χ1) is 31.3. The first-order valence-corrected chi connectivity index (χ1v) is 22.4. The lowest BCUT2D eigenvalue weighted by Gasteiger charge is -2.13. The van der Waals surface area contributed by atoms with Gasteiger partial charge >= 0.3 is 18.1 Å². The predicted molar refractivity (Wildman–Crippen MR) is 233 cm³/mol. The van der Waals surface area contributed by atoms with Crippen molar-refractivity contribution in [2.45, 2.75) is 64.5 Å². The summed E-state index contributed by atoms with van der Waals surface area (Å²) < 4.78 is 104. The second-order valence-corrected chi connectivity index (χ2v) is 14.1. The van der Waals surface area contributed by atoms with Gasteiger partial charge in [-0.1, -0.05) is 63.6 Å². The summed E-state index contributed by atoms with van der Waals surface area (Å²) in [7, 11) is 0. The number of ether oxygens (including phenoxy) is 12. The molecular weight excluding hydrogens is 847 g/mol. The molecule has 64 heavy (non-hydrogen) atoms. The van der Waals surface area contributed by atoms with Gasteiger partial charge in [0.15, 0.2) is 0 Å². The Morgan fingerprint density at radius 1 is 0.469 bits per heavy atom. The van der Waals surface area contributed by atoms with Crippen molar-refractivity contribution in [3.05, 3.63) is 59.7 Å². The quantitative estimate of drug-likeness (QED) is 0.0516. The monoisotopic (exact) mass is 919 g/mol. The van der Waals surface area contributed by atoms with Crippen LogP contribution in [0.3, 0.4) is 0 Å². The molecule has 0 bridgehead atoms. The van der Waals surface area contributed by atoms with Gasteiger partial charge in [0.1, 0.15) is 13.2 Å². The van der Waals surface area contributed by atoms with Gasteiger partial charge in [-0.3, -0.25) is 4.79 Å². The zero-order valence-electron chi connectivity index (χ0n) is 37.7. The van der Waals surface area contributed by atoms with E-state index in [1.165, 1.54) is 50.3 Å². The van der Waals surface area contributed by atoms with Crippen LogP contribution in [0.1, 0.15) is 74.2 Å². The van der Waals surface area contributed by atoms with Gasteiger partial charge in [-0.2, -0.15) is 13.2 Å². The van der Waals surface area contributed by atoms with Crippen LogP contribution < -0.4 is 5.32 Å². The minimum Gasteiger partial charge on any atom is -0.463 e. The van der Waals surface area contributed by atoms with E-state index in [0.717, 1.165) is 25.0 Å². The fraction of sp³-hybridized carbons (Fsp3) is 0.696. The van der Waals surface area contributed by atoms with E-state index in [4.69, 9.17) is 56.8 Å². The first-order valence-electron chi connectivity index (χ1n) is 22.4. The van der Waals surface area contributed by atoms with Crippen molar-refractivity contribution in [1.82, 2.24) is 0 Å². The molecule has 0 amide bonds. The number of carbonyl (C=O) groups excluding carboxylic acids is 2. The molecule has 0 saturated carbocycles. The third-order valence-electron chi connectivity index (χ3n) is 8.90. The number of para-hydroxylation sites is 1. The van der Waals surface area contributed by atoms with Crippen LogP contribution >= 0.6 is 0 Å². The molecule has 2 aromatic rings. The van der Waals surface area contributed by atoms with Crippen LogP contribution in [-0.4, -0.2) is 157 Å². The Kier molecular flexibility index (Phi) is 35.3. The number of halogens is 3. The van der Waals surface area contributed by atoms with E-state index in [-0.39, 0.29) is 37.0 Å². The summed E-state index contributed by atoms with van der Waals surface area (Å²) in [6, 6.07) is 11.1. The van der Waals surface area contributed by atoms with E-state index < -0.39 is 17.7 Å². The molecule has 0 aliphatic heterocycles. The van der Waals surface area contributed by atoms with Gasteiger partial charge in [-0.15, -0.1) is 0 Å². The number of anilines is 2. The molecule has 0 fully saturated rings. The van der Waals surface area contributed by atoms with Gasteiger partial charge in [0.2, 0.25) is 0 Å². The second-order valence-electron chi connectivity index (χ2n) is 14.1. The number of carbonyl (C=O) groups is 2. The summed E-state index contributed by atoms with van der Waals surface area (Å²) in [5.74, 6) is -0.788. The number of rotatable bonds is 44. The fourth-order valence-corrected chi connectivity index (χ4v) is 5.56. The summed E-state index contributed by atoms with van der Waals surface area (Å²) in [6.07, 6.45) is 4.21. The minimum atomic E-state index is -4.48. The van der Waals surface area contributed by atoms with E-state index in [2.05, 4.69) is 12.2 Å². The van der Waals surface area contributed by atoms with Crippen molar-refractivity contribution >= 4 is 23.3 Å². The molecular formula is C46H72F3NO14. The van der Waals surface area contributed by atoms with E-state index in [1.807, 2.05) is 0 Å². The van der Waals surface area contributed by atoms with Crippen LogP contribution in [0.25, 0.3) is 0 Å². The maximum absolute atomic E-state index is 13.1. The molecule has 1 N–H and O–H groups in total. The summed E-state index contributed by atoms with van der Waals surface area (Å²) in [5, 5.41) is 2.86. The van der Waals surface area contributed by atoms with E-state index in [9.17, 15) is 22.8 Å². The van der Waals surface area contributed by atoms with Crippen molar-refractivity contribution in [2.75, 3.05) is 151 Å². The SMILES string of the molecule is CCCCCCCCCC(=O)OCCOCCOCCOCCOCCOCCOCCOCCOCCOCCOCCOC(=O)c1ccccc1Nc1cccc(C(F)(F)F)c1. The molecule has 0 aromatic heterocycles. The minimum absolute atomic E-state index is 0.00716. The molecule has 0 spiro atoms. The van der Waals surface area contributed by atoms with E-state index in [1.54, 1.807) is 18.2 Å². The average molecular weight is 920 g/mol. The molecule has 0 atom stereocenters. The number of unbranched alkanes of at least 4 members (excludes halogenated alkanes) is 6. The van der Waals surface area contributed by atoms with Crippen LogP contribution in [0.2, 0.25) is 0 Å². The van der Waals surface area contributed by atoms with Gasteiger partial charge in [-0.05, 0) is 36.8 Å². The Balaban J connectivity index is 1.23. The van der Waals surface area contributed by atoms with Gasteiger partial charge in [0, 0.05) is 12.1 Å². The van der Waals surface area contributed by atoms with Crippen LogP contribution in [-0.2, 0) is 67.8 Å². The van der Waals surface area contributed by atoms with Crippen molar-refractivity contribution in [1.29, 1.82) is 0 Å². The summed E-state index contributed by atoms with van der Waals surface area (Å²) in [6.45, 7) is 10.7. The molecule has 2 rings (SSSR count). The maximum atomic E-state index is 13.1. The highest BCUT2D eigenvalue weighted by Crippen LogP contribution is 2.32. The Morgan fingerprint density at radius 3 is 1.30 bits per heavy atom. The molecule has 18 heteroatoms. The highest BCUT2D eigenvalue weighted by Gasteiger charge is 2.30. The third-order valence-corrected chi connectivity index (χ3v) is 8.90. The maximum Gasteiger partial charge on any atom is 0.416 e. The Labute approximate surface area is 377 Å². The predicted octanol–water partition coefficient (Wildman–Crippen LogP) is 7.46. The zero-order chi connectivity index (χ0) is 46.0. The smallest absolute Gasteiger partial charge is 0.416 e. The van der Waals surface area contributed by atoms with E-state index >= 15 is 0 Å². The van der Waals surface area contributed by atoms with Crippen LogP contribution in [0, 0.1) is 0 Å². The van der Waals surface area contributed by atoms with Crippen molar-refractivity contribution < 1.29 is 79.6 Å². The van der Waals surface area contributed by atoms with Crippen LogP contribution in [0.4, 0.5) is 24.5 Å². The number of esters is 2. The Hall–Kier alpha value is -3.43. The molecule has 366 valence electrons.